The summed E-state index contributed by atoms with van der Waals surface area (Å²) in [7, 11) is 0. The zero-order chi connectivity index (χ0) is 19.1. The quantitative estimate of drug-likeness (QED) is 0.266. The van der Waals surface area contributed by atoms with Gasteiger partial charge in [0.15, 0.2) is 5.78 Å². The van der Waals surface area contributed by atoms with Crippen molar-refractivity contribution in [1.82, 2.24) is 5.32 Å². The normalized spacial score (nSPS) is 27.6. The predicted octanol–water partition coefficient (Wildman–Crippen LogP) is 5.13. The zero-order valence-electron chi connectivity index (χ0n) is 16.7. The summed E-state index contributed by atoms with van der Waals surface area (Å²) in [6.45, 7) is 1.10. The number of anilines is 1. The number of carbonyl (C=O) groups excluding carboxylic acids is 1. The Bertz CT molecular complexity index is 935. The van der Waals surface area contributed by atoms with Crippen LogP contribution >= 0.6 is 24.0 Å². The number of carbonyl (C=O) groups is 1. The second kappa shape index (κ2) is 8.23. The van der Waals surface area contributed by atoms with Crippen LogP contribution in [0.25, 0.3) is 6.08 Å². The van der Waals surface area contributed by atoms with Gasteiger partial charge in [0.1, 0.15) is 0 Å². The Kier molecular flexibility index (Phi) is 5.85. The number of halogens is 1. The van der Waals surface area contributed by atoms with Gasteiger partial charge in [-0.1, -0.05) is 55.3 Å². The van der Waals surface area contributed by atoms with Crippen LogP contribution in [-0.2, 0) is 11.8 Å². The van der Waals surface area contributed by atoms with Gasteiger partial charge in [-0.05, 0) is 67.0 Å². The Hall–Kier alpha value is -1.66. The van der Waals surface area contributed by atoms with Crippen molar-refractivity contribution in [3.8, 4) is 0 Å². The molecule has 2 aromatic carbocycles. The van der Waals surface area contributed by atoms with E-state index in [0.29, 0.717) is 17.3 Å². The Morgan fingerprint density at radius 2 is 1.93 bits per heavy atom. The molecule has 0 aromatic heterocycles. The van der Waals surface area contributed by atoms with Crippen molar-refractivity contribution in [3.63, 3.8) is 0 Å². The highest BCUT2D eigenvalue weighted by molar-refractivity contribution is 14.0. The molecular weight excluding hydrogens is 471 g/mol. The molecule has 1 heterocycles. The van der Waals surface area contributed by atoms with Gasteiger partial charge in [0.25, 0.3) is 0 Å². The number of hydrogen-bond donors (Lipinski definition) is 2. The third-order valence-corrected chi connectivity index (χ3v) is 7.37. The van der Waals surface area contributed by atoms with E-state index in [1.807, 2.05) is 42.5 Å². The van der Waals surface area contributed by atoms with Crippen molar-refractivity contribution in [3.05, 3.63) is 70.8 Å². The van der Waals surface area contributed by atoms with Gasteiger partial charge in [0.2, 0.25) is 0 Å². The van der Waals surface area contributed by atoms with E-state index in [0.717, 1.165) is 24.4 Å². The maximum Gasteiger partial charge on any atom is 0.187 e. The van der Waals surface area contributed by atoms with Gasteiger partial charge in [-0.2, -0.15) is 0 Å². The standard InChI is InChI=1S/C25H28N2O.HI/c26-24-18(23(28)12-9-17-6-2-1-3-7-17)10-11-20-19(24)16-22-21-8-4-5-13-25(20,21)14-15-27-22;/h1-3,6-7,9-12,21-22,27H,4-5,8,13-16,26H2;1H/t21-,22+,25-;/m0./s1. The van der Waals surface area contributed by atoms with Crippen LogP contribution in [0.15, 0.2) is 48.5 Å². The summed E-state index contributed by atoms with van der Waals surface area (Å²) in [6, 6.07) is 14.6. The molecule has 3 nitrogen and oxygen atoms in total. The van der Waals surface area contributed by atoms with Crippen LogP contribution in [0.3, 0.4) is 0 Å². The van der Waals surface area contributed by atoms with E-state index in [-0.39, 0.29) is 35.2 Å². The molecule has 3 atom stereocenters. The van der Waals surface area contributed by atoms with Crippen LogP contribution in [-0.4, -0.2) is 18.4 Å². The number of nitrogens with two attached hydrogens (primary N) is 1. The first-order valence-electron chi connectivity index (χ1n) is 10.6. The maximum absolute atomic E-state index is 12.9. The first kappa shape index (κ1) is 20.6. The molecule has 29 heavy (non-hydrogen) atoms. The van der Waals surface area contributed by atoms with Crippen LogP contribution in [0.2, 0.25) is 0 Å². The van der Waals surface area contributed by atoms with Crippen molar-refractivity contribution in [2.24, 2.45) is 5.92 Å². The fraction of sp³-hybridized carbons (Fsp3) is 0.400. The minimum absolute atomic E-state index is 0. The maximum atomic E-state index is 12.9. The lowest BCUT2D eigenvalue weighted by Gasteiger charge is -2.56. The monoisotopic (exact) mass is 500 g/mol. The van der Waals surface area contributed by atoms with Crippen molar-refractivity contribution in [2.45, 2.75) is 50.0 Å². The minimum atomic E-state index is -0.00876. The van der Waals surface area contributed by atoms with Crippen molar-refractivity contribution < 1.29 is 4.79 Å². The van der Waals surface area contributed by atoms with Crippen LogP contribution in [0, 0.1) is 5.92 Å². The van der Waals surface area contributed by atoms with Gasteiger partial charge in [-0.25, -0.2) is 0 Å². The molecule has 4 heteroatoms. The topological polar surface area (TPSA) is 55.1 Å². The molecule has 3 N–H and O–H groups in total. The highest BCUT2D eigenvalue weighted by Gasteiger charge is 2.51. The summed E-state index contributed by atoms with van der Waals surface area (Å²) in [5, 5.41) is 3.75. The lowest BCUT2D eigenvalue weighted by molar-refractivity contribution is 0.0799. The van der Waals surface area contributed by atoms with Gasteiger partial charge in [-0.3, -0.25) is 4.79 Å². The van der Waals surface area contributed by atoms with E-state index in [1.165, 1.54) is 43.2 Å². The number of allylic oxidation sites excluding steroid dienone is 1. The van der Waals surface area contributed by atoms with Crippen molar-refractivity contribution in [2.75, 3.05) is 12.3 Å². The summed E-state index contributed by atoms with van der Waals surface area (Å²) in [6.07, 6.45) is 10.9. The molecule has 2 aromatic rings. The van der Waals surface area contributed by atoms with Gasteiger partial charge >= 0.3 is 0 Å². The number of piperidine rings is 1. The SMILES string of the molecule is I.Nc1c(C(=O)C=Cc2ccccc2)ccc2c1C[C@H]1NCC[C@@]23CCCC[C@@H]13. The second-order valence-corrected chi connectivity index (χ2v) is 8.68. The Balaban J connectivity index is 0.00000205. The lowest BCUT2D eigenvalue weighted by atomic mass is 9.52. The molecule has 0 spiro atoms. The van der Waals surface area contributed by atoms with Gasteiger partial charge in [0.05, 0.1) is 0 Å². The molecule has 152 valence electrons. The van der Waals surface area contributed by atoms with E-state index in [9.17, 15) is 4.79 Å². The van der Waals surface area contributed by atoms with E-state index in [2.05, 4.69) is 11.4 Å². The molecule has 0 amide bonds. The Morgan fingerprint density at radius 3 is 2.76 bits per heavy atom. The smallest absolute Gasteiger partial charge is 0.187 e. The molecule has 2 bridgehead atoms. The van der Waals surface area contributed by atoms with Gasteiger partial charge in [-0.15, -0.1) is 24.0 Å². The minimum Gasteiger partial charge on any atom is -0.398 e. The first-order chi connectivity index (χ1) is 13.7. The fourth-order valence-electron chi connectivity index (χ4n) is 6.08. The highest BCUT2D eigenvalue weighted by atomic mass is 127. The van der Waals surface area contributed by atoms with Crippen LogP contribution in [0.1, 0.15) is 59.2 Å². The number of ketones is 1. The van der Waals surface area contributed by atoms with E-state index in [4.69, 9.17) is 5.73 Å². The molecule has 2 fully saturated rings. The Morgan fingerprint density at radius 1 is 1.10 bits per heavy atom. The molecule has 1 aliphatic heterocycles. The fourth-order valence-corrected chi connectivity index (χ4v) is 6.08. The van der Waals surface area contributed by atoms with Gasteiger partial charge in [0, 0.05) is 22.7 Å². The molecule has 1 saturated heterocycles. The number of hydrogen-bond acceptors (Lipinski definition) is 3. The number of benzene rings is 2. The summed E-state index contributed by atoms with van der Waals surface area (Å²) in [5.74, 6) is 0.715. The third kappa shape index (κ3) is 3.44. The van der Waals surface area contributed by atoms with E-state index < -0.39 is 0 Å². The first-order valence-corrected chi connectivity index (χ1v) is 10.6. The van der Waals surface area contributed by atoms with E-state index >= 15 is 0 Å². The second-order valence-electron chi connectivity index (χ2n) is 8.68. The molecule has 1 saturated carbocycles. The lowest BCUT2D eigenvalue weighted by Crippen LogP contribution is -2.59. The summed E-state index contributed by atoms with van der Waals surface area (Å²) in [5.41, 5.74) is 11.9. The molecule has 2 aliphatic carbocycles. The van der Waals surface area contributed by atoms with E-state index in [1.54, 1.807) is 6.08 Å². The molecule has 0 unspecified atom stereocenters. The number of fused-ring (bicyclic) bond motifs is 1. The molecule has 5 rings (SSSR count). The number of nitrogen functional groups attached to an aromatic ring is 1. The summed E-state index contributed by atoms with van der Waals surface area (Å²) >= 11 is 0. The van der Waals surface area contributed by atoms with Crippen molar-refractivity contribution >= 4 is 41.5 Å². The van der Waals surface area contributed by atoms with Gasteiger partial charge < -0.3 is 11.1 Å². The average molecular weight is 500 g/mol. The third-order valence-electron chi connectivity index (χ3n) is 7.37. The molecule has 3 aliphatic rings. The largest absolute Gasteiger partial charge is 0.398 e. The molecular formula is C25H29IN2O. The van der Waals surface area contributed by atoms with Crippen LogP contribution in [0.5, 0.6) is 0 Å². The zero-order valence-corrected chi connectivity index (χ0v) is 19.0. The molecule has 0 radical (unpaired) electrons. The number of rotatable bonds is 3. The van der Waals surface area contributed by atoms with Crippen molar-refractivity contribution in [1.29, 1.82) is 0 Å². The Labute approximate surface area is 190 Å². The summed E-state index contributed by atoms with van der Waals surface area (Å²) < 4.78 is 0. The predicted molar refractivity (Wildman–Crippen MR) is 130 cm³/mol. The number of nitrogens with one attached hydrogen (secondary N) is 1. The van der Waals surface area contributed by atoms with Crippen LogP contribution < -0.4 is 11.1 Å². The summed E-state index contributed by atoms with van der Waals surface area (Å²) in [4.78, 5) is 12.9. The highest BCUT2D eigenvalue weighted by Crippen LogP contribution is 2.54. The average Bonchev–Trinajstić information content (AvgIpc) is 2.73. The van der Waals surface area contributed by atoms with Crippen LogP contribution in [0.4, 0.5) is 5.69 Å².